The van der Waals surface area contributed by atoms with Crippen LogP contribution in [0.2, 0.25) is 0 Å². The fourth-order valence-corrected chi connectivity index (χ4v) is 3.42. The second-order valence-electron chi connectivity index (χ2n) is 4.28. The zero-order valence-electron chi connectivity index (χ0n) is 9.08. The van der Waals surface area contributed by atoms with E-state index in [9.17, 15) is 9.59 Å². The number of hydrogen-bond donors (Lipinski definition) is 0. The van der Waals surface area contributed by atoms with E-state index in [1.54, 1.807) is 0 Å². The maximum Gasteiger partial charge on any atom is 0.218 e. The molecule has 0 aliphatic carbocycles. The third-order valence-electron chi connectivity index (χ3n) is 3.08. The number of thioether (sulfide) groups is 1. The molecule has 0 aromatic heterocycles. The highest BCUT2D eigenvalue weighted by atomic mass is 32.2. The van der Waals surface area contributed by atoms with Gasteiger partial charge in [0.2, 0.25) is 5.12 Å². The molecule has 0 amide bonds. The lowest BCUT2D eigenvalue weighted by Gasteiger charge is -2.28. The molecule has 0 aromatic carbocycles. The summed E-state index contributed by atoms with van der Waals surface area (Å²) in [4.78, 5) is 25.0. The molecule has 1 atom stereocenters. The molecule has 2 rings (SSSR count). The number of carbonyl (C=O) groups is 2. The number of likely N-dealkylation sites (tertiary alicyclic amines) is 1. The standard InChI is InChI=1S/C11H15NO2S/c1-8-9(12-5-3-4-6-12)11(2,7-13)15-10(8)14/h7H,3-6H2,1-2H3. The lowest BCUT2D eigenvalue weighted by atomic mass is 10.0. The van der Waals surface area contributed by atoms with E-state index in [-0.39, 0.29) is 5.12 Å². The van der Waals surface area contributed by atoms with Crippen molar-refractivity contribution in [2.75, 3.05) is 13.1 Å². The highest BCUT2D eigenvalue weighted by Gasteiger charge is 2.44. The molecule has 0 N–H and O–H groups in total. The first-order valence-corrected chi connectivity index (χ1v) is 6.06. The van der Waals surface area contributed by atoms with Gasteiger partial charge >= 0.3 is 0 Å². The van der Waals surface area contributed by atoms with Crippen LogP contribution in [-0.4, -0.2) is 34.1 Å². The van der Waals surface area contributed by atoms with E-state index in [2.05, 4.69) is 4.90 Å². The lowest BCUT2D eigenvalue weighted by Crippen LogP contribution is -2.34. The Morgan fingerprint density at radius 3 is 2.53 bits per heavy atom. The smallest absolute Gasteiger partial charge is 0.218 e. The Balaban J connectivity index is 2.39. The van der Waals surface area contributed by atoms with Gasteiger partial charge in [0, 0.05) is 24.4 Å². The normalized spacial score (nSPS) is 31.6. The monoisotopic (exact) mass is 225 g/mol. The van der Waals surface area contributed by atoms with Gasteiger partial charge in [0.05, 0.1) is 0 Å². The van der Waals surface area contributed by atoms with E-state index in [4.69, 9.17) is 0 Å². The molecule has 15 heavy (non-hydrogen) atoms. The third-order valence-corrected chi connectivity index (χ3v) is 4.29. The van der Waals surface area contributed by atoms with Crippen molar-refractivity contribution in [2.45, 2.75) is 31.4 Å². The average Bonchev–Trinajstić information content (AvgIpc) is 2.76. The molecule has 1 unspecified atom stereocenters. The Hall–Kier alpha value is -0.770. The minimum absolute atomic E-state index is 0.0477. The Labute approximate surface area is 93.9 Å². The Morgan fingerprint density at radius 2 is 2.00 bits per heavy atom. The molecule has 2 heterocycles. The maximum atomic E-state index is 11.6. The molecule has 2 aliphatic rings. The average molecular weight is 225 g/mol. The van der Waals surface area contributed by atoms with Crippen molar-refractivity contribution in [3.05, 3.63) is 11.3 Å². The molecule has 0 radical (unpaired) electrons. The van der Waals surface area contributed by atoms with Crippen LogP contribution in [0, 0.1) is 0 Å². The van der Waals surface area contributed by atoms with Crippen molar-refractivity contribution >= 4 is 23.2 Å². The second kappa shape index (κ2) is 3.67. The van der Waals surface area contributed by atoms with Crippen LogP contribution in [0.4, 0.5) is 0 Å². The van der Waals surface area contributed by atoms with Gasteiger partial charge in [0.15, 0.2) is 0 Å². The summed E-state index contributed by atoms with van der Waals surface area (Å²) < 4.78 is -0.647. The van der Waals surface area contributed by atoms with Crippen LogP contribution in [0.15, 0.2) is 11.3 Å². The van der Waals surface area contributed by atoms with Gasteiger partial charge in [0.25, 0.3) is 0 Å². The van der Waals surface area contributed by atoms with E-state index in [0.717, 1.165) is 55.2 Å². The molecule has 3 nitrogen and oxygen atoms in total. The van der Waals surface area contributed by atoms with Crippen molar-refractivity contribution in [1.29, 1.82) is 0 Å². The number of nitrogens with zero attached hydrogens (tertiary/aromatic N) is 1. The first kappa shape index (κ1) is 10.7. The van der Waals surface area contributed by atoms with E-state index in [0.29, 0.717) is 0 Å². The summed E-state index contributed by atoms with van der Waals surface area (Å²) in [6.07, 6.45) is 3.22. The van der Waals surface area contributed by atoms with Crippen LogP contribution in [0.25, 0.3) is 0 Å². The molecule has 4 heteroatoms. The molecular formula is C11H15NO2S. The summed E-state index contributed by atoms with van der Waals surface area (Å²) in [6, 6.07) is 0. The van der Waals surface area contributed by atoms with Crippen LogP contribution >= 0.6 is 11.8 Å². The predicted molar refractivity (Wildman–Crippen MR) is 60.6 cm³/mol. The van der Waals surface area contributed by atoms with Gasteiger partial charge in [-0.15, -0.1) is 0 Å². The van der Waals surface area contributed by atoms with Crippen molar-refractivity contribution in [3.63, 3.8) is 0 Å². The van der Waals surface area contributed by atoms with Crippen molar-refractivity contribution in [2.24, 2.45) is 0 Å². The van der Waals surface area contributed by atoms with E-state index < -0.39 is 4.75 Å². The molecule has 0 saturated carbocycles. The van der Waals surface area contributed by atoms with E-state index >= 15 is 0 Å². The number of aldehydes is 1. The van der Waals surface area contributed by atoms with Crippen LogP contribution in [-0.2, 0) is 9.59 Å². The van der Waals surface area contributed by atoms with Gasteiger partial charge in [-0.25, -0.2) is 0 Å². The van der Waals surface area contributed by atoms with Crippen LogP contribution in [0.1, 0.15) is 26.7 Å². The maximum absolute atomic E-state index is 11.6. The zero-order valence-corrected chi connectivity index (χ0v) is 9.89. The number of carbonyl (C=O) groups excluding carboxylic acids is 2. The summed E-state index contributed by atoms with van der Waals surface area (Å²) in [5.41, 5.74) is 1.71. The number of rotatable bonds is 2. The Morgan fingerprint density at radius 1 is 1.40 bits per heavy atom. The molecule has 1 fully saturated rings. The van der Waals surface area contributed by atoms with E-state index in [1.807, 2.05) is 13.8 Å². The summed E-state index contributed by atoms with van der Waals surface area (Å²) in [5.74, 6) is 0. The predicted octanol–water partition coefficient (Wildman–Crippen LogP) is 1.59. The van der Waals surface area contributed by atoms with Crippen molar-refractivity contribution in [3.8, 4) is 0 Å². The van der Waals surface area contributed by atoms with Gasteiger partial charge in [0.1, 0.15) is 11.0 Å². The van der Waals surface area contributed by atoms with Gasteiger partial charge < -0.3 is 9.69 Å². The summed E-state index contributed by atoms with van der Waals surface area (Å²) >= 11 is 1.15. The summed E-state index contributed by atoms with van der Waals surface area (Å²) in [7, 11) is 0. The van der Waals surface area contributed by atoms with Crippen LogP contribution in [0.3, 0.4) is 0 Å². The first-order chi connectivity index (χ1) is 7.08. The molecule has 1 saturated heterocycles. The fraction of sp³-hybridized carbons (Fsp3) is 0.636. The van der Waals surface area contributed by atoms with Crippen LogP contribution < -0.4 is 0 Å². The fourth-order valence-electron chi connectivity index (χ4n) is 2.36. The Bertz CT molecular complexity index is 344. The molecular weight excluding hydrogens is 210 g/mol. The summed E-state index contributed by atoms with van der Waals surface area (Å²) in [6.45, 7) is 5.62. The van der Waals surface area contributed by atoms with Gasteiger partial charge in [-0.1, -0.05) is 11.8 Å². The molecule has 2 aliphatic heterocycles. The molecule has 82 valence electrons. The molecule has 0 aromatic rings. The highest BCUT2D eigenvalue weighted by Crippen LogP contribution is 2.44. The zero-order chi connectivity index (χ0) is 11.1. The first-order valence-electron chi connectivity index (χ1n) is 5.24. The topological polar surface area (TPSA) is 37.4 Å². The van der Waals surface area contributed by atoms with Gasteiger partial charge in [-0.3, -0.25) is 4.79 Å². The minimum atomic E-state index is -0.647. The Kier molecular flexibility index (Phi) is 2.63. The molecule has 0 bridgehead atoms. The molecule has 0 spiro atoms. The lowest BCUT2D eigenvalue weighted by molar-refractivity contribution is -0.109. The summed E-state index contributed by atoms with van der Waals surface area (Å²) in [5, 5.41) is 0.0477. The van der Waals surface area contributed by atoms with Gasteiger partial charge in [-0.2, -0.15) is 0 Å². The van der Waals surface area contributed by atoms with E-state index in [1.165, 1.54) is 0 Å². The van der Waals surface area contributed by atoms with Crippen molar-refractivity contribution < 1.29 is 9.59 Å². The SMILES string of the molecule is CC1=C(N2CCCC2)C(C)(C=O)SC1=O. The van der Waals surface area contributed by atoms with Crippen LogP contribution in [0.5, 0.6) is 0 Å². The second-order valence-corrected chi connectivity index (χ2v) is 5.71. The quantitative estimate of drug-likeness (QED) is 0.669. The highest BCUT2D eigenvalue weighted by molar-refractivity contribution is 8.16. The van der Waals surface area contributed by atoms with Gasteiger partial charge in [-0.05, 0) is 26.7 Å². The van der Waals surface area contributed by atoms with Crippen molar-refractivity contribution in [1.82, 2.24) is 4.90 Å². The third kappa shape index (κ3) is 1.61. The number of hydrogen-bond acceptors (Lipinski definition) is 4. The minimum Gasteiger partial charge on any atom is -0.373 e. The largest absolute Gasteiger partial charge is 0.373 e.